The Kier molecular flexibility index (Phi) is 3.19. The summed E-state index contributed by atoms with van der Waals surface area (Å²) in [7, 11) is 0. The highest BCUT2D eigenvalue weighted by Gasteiger charge is 2.10. The summed E-state index contributed by atoms with van der Waals surface area (Å²) < 4.78 is 0. The van der Waals surface area contributed by atoms with Gasteiger partial charge in [0.25, 0.3) is 0 Å². The molecule has 0 amide bonds. The quantitative estimate of drug-likeness (QED) is 0.581. The summed E-state index contributed by atoms with van der Waals surface area (Å²) in [5.74, 6) is 1.42. The Hall–Kier alpha value is -0.940. The van der Waals surface area contributed by atoms with Crippen LogP contribution >= 0.6 is 0 Å². The van der Waals surface area contributed by atoms with Gasteiger partial charge in [0.15, 0.2) is 5.82 Å². The van der Waals surface area contributed by atoms with E-state index in [1.165, 1.54) is 0 Å². The van der Waals surface area contributed by atoms with E-state index < -0.39 is 0 Å². The van der Waals surface area contributed by atoms with Crippen molar-refractivity contribution in [3.63, 3.8) is 0 Å². The van der Waals surface area contributed by atoms with Crippen LogP contribution in [-0.4, -0.2) is 26.9 Å². The molecule has 5 nitrogen and oxygen atoms in total. The molecule has 0 spiro atoms. The van der Waals surface area contributed by atoms with Crippen molar-refractivity contribution in [1.82, 2.24) is 15.2 Å². The van der Waals surface area contributed by atoms with Gasteiger partial charge in [0.1, 0.15) is 5.82 Å². The molecule has 1 atom stereocenters. The average molecular weight is 170 g/mol. The highest BCUT2D eigenvalue weighted by Crippen LogP contribution is 2.07. The van der Waals surface area contributed by atoms with Crippen molar-refractivity contribution >= 4 is 0 Å². The van der Waals surface area contributed by atoms with Crippen LogP contribution in [0.3, 0.4) is 0 Å². The van der Waals surface area contributed by atoms with E-state index >= 15 is 0 Å². The van der Waals surface area contributed by atoms with Gasteiger partial charge in [-0.3, -0.25) is 5.10 Å². The molecule has 4 N–H and O–H groups in total. The van der Waals surface area contributed by atoms with Crippen molar-refractivity contribution in [1.29, 1.82) is 0 Å². The number of aromatic amines is 1. The van der Waals surface area contributed by atoms with Gasteiger partial charge in [-0.2, -0.15) is 5.10 Å². The largest absolute Gasteiger partial charge is 0.396 e. The monoisotopic (exact) mass is 170 g/mol. The Morgan fingerprint density at radius 1 is 1.67 bits per heavy atom. The van der Waals surface area contributed by atoms with E-state index in [1.54, 1.807) is 0 Å². The van der Waals surface area contributed by atoms with E-state index in [-0.39, 0.29) is 12.6 Å². The number of nitrogens with one attached hydrogen (secondary N) is 1. The van der Waals surface area contributed by atoms with E-state index in [4.69, 9.17) is 10.8 Å². The van der Waals surface area contributed by atoms with Gasteiger partial charge >= 0.3 is 0 Å². The van der Waals surface area contributed by atoms with Crippen LogP contribution in [0.2, 0.25) is 0 Å². The number of nitrogens with zero attached hydrogens (tertiary/aromatic N) is 2. The zero-order valence-electron chi connectivity index (χ0n) is 7.12. The maximum absolute atomic E-state index is 8.62. The molecule has 0 saturated carbocycles. The Morgan fingerprint density at radius 3 is 2.92 bits per heavy atom. The number of hydrogen-bond acceptors (Lipinski definition) is 4. The molecule has 0 aromatic carbocycles. The molecule has 1 rings (SSSR count). The Balaban J connectivity index is 2.61. The van der Waals surface area contributed by atoms with Crippen molar-refractivity contribution in [3.8, 4) is 0 Å². The van der Waals surface area contributed by atoms with Crippen molar-refractivity contribution in [2.45, 2.75) is 25.8 Å². The third kappa shape index (κ3) is 2.02. The Bertz CT molecular complexity index is 235. The normalized spacial score (nSPS) is 13.2. The molecule has 1 unspecified atom stereocenters. The lowest BCUT2D eigenvalue weighted by molar-refractivity contribution is 0.274. The number of rotatable bonds is 4. The van der Waals surface area contributed by atoms with Gasteiger partial charge in [-0.25, -0.2) is 4.98 Å². The molecule has 0 aliphatic rings. The number of aromatic nitrogens is 3. The molecule has 0 radical (unpaired) electrons. The van der Waals surface area contributed by atoms with Gasteiger partial charge in [0.2, 0.25) is 0 Å². The number of aliphatic hydroxyl groups excluding tert-OH is 1. The van der Waals surface area contributed by atoms with Crippen molar-refractivity contribution in [2.75, 3.05) is 6.61 Å². The van der Waals surface area contributed by atoms with Crippen LogP contribution in [0.4, 0.5) is 0 Å². The second-order valence-electron chi connectivity index (χ2n) is 2.61. The molecule has 5 heteroatoms. The SMILES string of the molecule is CCc1nc(C(N)CCO)n[nH]1. The minimum Gasteiger partial charge on any atom is -0.396 e. The second-order valence-corrected chi connectivity index (χ2v) is 2.61. The highest BCUT2D eigenvalue weighted by atomic mass is 16.3. The van der Waals surface area contributed by atoms with Crippen molar-refractivity contribution in [2.24, 2.45) is 5.73 Å². The topological polar surface area (TPSA) is 87.8 Å². The minimum atomic E-state index is -0.258. The van der Waals surface area contributed by atoms with Crippen LogP contribution in [-0.2, 0) is 6.42 Å². The molecular weight excluding hydrogens is 156 g/mol. The first-order valence-corrected chi connectivity index (χ1v) is 4.05. The molecule has 0 saturated heterocycles. The van der Waals surface area contributed by atoms with Crippen LogP contribution in [0.1, 0.15) is 31.0 Å². The van der Waals surface area contributed by atoms with Gasteiger partial charge in [-0.15, -0.1) is 0 Å². The highest BCUT2D eigenvalue weighted by molar-refractivity contribution is 4.95. The third-order valence-corrected chi connectivity index (χ3v) is 1.66. The van der Waals surface area contributed by atoms with Gasteiger partial charge in [0, 0.05) is 13.0 Å². The fourth-order valence-electron chi connectivity index (χ4n) is 0.902. The first-order chi connectivity index (χ1) is 5.77. The maximum atomic E-state index is 8.62. The lowest BCUT2D eigenvalue weighted by atomic mass is 10.2. The molecular formula is C7H14N4O. The molecule has 68 valence electrons. The first kappa shape index (κ1) is 9.15. The Labute approximate surface area is 71.0 Å². The number of nitrogens with two attached hydrogens (primary N) is 1. The number of hydrogen-bond donors (Lipinski definition) is 3. The summed E-state index contributed by atoms with van der Waals surface area (Å²) >= 11 is 0. The van der Waals surface area contributed by atoms with E-state index in [9.17, 15) is 0 Å². The van der Waals surface area contributed by atoms with Crippen LogP contribution in [0.5, 0.6) is 0 Å². The zero-order chi connectivity index (χ0) is 8.97. The zero-order valence-corrected chi connectivity index (χ0v) is 7.12. The third-order valence-electron chi connectivity index (χ3n) is 1.66. The van der Waals surface area contributed by atoms with Crippen molar-refractivity contribution in [3.05, 3.63) is 11.6 Å². The summed E-state index contributed by atoms with van der Waals surface area (Å²) in [6.07, 6.45) is 1.32. The van der Waals surface area contributed by atoms with Gasteiger partial charge in [-0.1, -0.05) is 6.92 Å². The summed E-state index contributed by atoms with van der Waals surface area (Å²) in [6.45, 7) is 2.05. The molecule has 12 heavy (non-hydrogen) atoms. The van der Waals surface area contributed by atoms with Gasteiger partial charge in [0.05, 0.1) is 6.04 Å². The second kappa shape index (κ2) is 4.18. The number of aliphatic hydroxyl groups is 1. The fraction of sp³-hybridized carbons (Fsp3) is 0.714. The van der Waals surface area contributed by atoms with E-state index in [1.807, 2.05) is 6.92 Å². The fourth-order valence-corrected chi connectivity index (χ4v) is 0.902. The average Bonchev–Trinajstić information content (AvgIpc) is 2.52. The lowest BCUT2D eigenvalue weighted by Crippen LogP contribution is -2.13. The predicted molar refractivity (Wildman–Crippen MR) is 44.4 cm³/mol. The van der Waals surface area contributed by atoms with Gasteiger partial charge < -0.3 is 10.8 Å². The molecule has 0 aliphatic carbocycles. The minimum absolute atomic E-state index is 0.0666. The van der Waals surface area contributed by atoms with E-state index in [0.29, 0.717) is 12.2 Å². The summed E-state index contributed by atoms with van der Waals surface area (Å²) in [5, 5.41) is 15.3. The maximum Gasteiger partial charge on any atom is 0.167 e. The van der Waals surface area contributed by atoms with Crippen molar-refractivity contribution < 1.29 is 5.11 Å². The molecule has 1 heterocycles. The van der Waals surface area contributed by atoms with E-state index in [2.05, 4.69) is 15.2 Å². The summed E-state index contributed by atoms with van der Waals surface area (Å²) in [6, 6.07) is -0.258. The summed E-state index contributed by atoms with van der Waals surface area (Å²) in [4.78, 5) is 4.14. The molecule has 0 aliphatic heterocycles. The predicted octanol–water partition coefficient (Wildman–Crippen LogP) is -0.251. The molecule has 1 aromatic heterocycles. The van der Waals surface area contributed by atoms with Gasteiger partial charge in [-0.05, 0) is 6.42 Å². The summed E-state index contributed by atoms with van der Waals surface area (Å²) in [5.41, 5.74) is 5.67. The molecule has 0 fully saturated rings. The molecule has 0 bridgehead atoms. The standard InChI is InChI=1S/C7H14N4O/c1-2-6-9-7(11-10-6)5(8)3-4-12/h5,12H,2-4,8H2,1H3,(H,9,10,11). The Morgan fingerprint density at radius 2 is 2.42 bits per heavy atom. The number of aryl methyl sites for hydroxylation is 1. The number of H-pyrrole nitrogens is 1. The smallest absolute Gasteiger partial charge is 0.167 e. The first-order valence-electron chi connectivity index (χ1n) is 4.05. The van der Waals surface area contributed by atoms with Crippen LogP contribution in [0.25, 0.3) is 0 Å². The van der Waals surface area contributed by atoms with Crippen LogP contribution in [0.15, 0.2) is 0 Å². The molecule has 1 aromatic rings. The van der Waals surface area contributed by atoms with Crippen LogP contribution in [0, 0.1) is 0 Å². The van der Waals surface area contributed by atoms with E-state index in [0.717, 1.165) is 12.2 Å². The lowest BCUT2D eigenvalue weighted by Gasteiger charge is -2.02. The van der Waals surface area contributed by atoms with Crippen LogP contribution < -0.4 is 5.73 Å².